The number of halogens is 2. The second-order valence-electron chi connectivity index (χ2n) is 7.12. The molecule has 9 nitrogen and oxygen atoms in total. The Kier molecular flexibility index (Phi) is 6.38. The smallest absolute Gasteiger partial charge is 0.272 e. The minimum absolute atomic E-state index is 0.0423. The van der Waals surface area contributed by atoms with Gasteiger partial charge in [0.25, 0.3) is 5.69 Å². The van der Waals surface area contributed by atoms with Crippen LogP contribution in [0.2, 0.25) is 5.02 Å². The first-order valence-electron chi connectivity index (χ1n) is 10.00. The van der Waals surface area contributed by atoms with Crippen LogP contribution in [0.25, 0.3) is 22.9 Å². The zero-order valence-corrected chi connectivity index (χ0v) is 18.1. The Hall–Kier alpha value is -3.76. The summed E-state index contributed by atoms with van der Waals surface area (Å²) in [6.07, 6.45) is 3.00. The van der Waals surface area contributed by atoms with E-state index in [-0.39, 0.29) is 28.3 Å². The van der Waals surface area contributed by atoms with Crippen molar-refractivity contribution >= 4 is 17.3 Å². The van der Waals surface area contributed by atoms with Crippen LogP contribution in [0.4, 0.5) is 10.1 Å². The van der Waals surface area contributed by atoms with Crippen molar-refractivity contribution < 1.29 is 14.4 Å². The number of nitrogens with zero attached hydrogens (tertiary/aromatic N) is 6. The average molecular weight is 469 g/mol. The van der Waals surface area contributed by atoms with E-state index >= 15 is 0 Å². The van der Waals surface area contributed by atoms with Crippen molar-refractivity contribution in [1.82, 2.24) is 24.7 Å². The minimum Gasteiger partial charge on any atom is -0.388 e. The molecule has 4 rings (SSSR count). The van der Waals surface area contributed by atoms with Gasteiger partial charge in [0.15, 0.2) is 5.82 Å². The first-order valence-corrected chi connectivity index (χ1v) is 10.4. The molecule has 33 heavy (non-hydrogen) atoms. The van der Waals surface area contributed by atoms with Gasteiger partial charge in [0.05, 0.1) is 17.2 Å². The highest BCUT2D eigenvalue weighted by molar-refractivity contribution is 6.31. The highest BCUT2D eigenvalue weighted by Gasteiger charge is 2.24. The largest absolute Gasteiger partial charge is 0.388 e. The maximum absolute atomic E-state index is 14.3. The second kappa shape index (κ2) is 9.39. The summed E-state index contributed by atoms with van der Waals surface area (Å²) in [6.45, 7) is 2.37. The molecule has 0 amide bonds. The van der Waals surface area contributed by atoms with Crippen LogP contribution in [0.3, 0.4) is 0 Å². The Balaban J connectivity index is 1.76. The van der Waals surface area contributed by atoms with Crippen LogP contribution < -0.4 is 0 Å². The lowest BCUT2D eigenvalue weighted by atomic mass is 9.98. The highest BCUT2D eigenvalue weighted by Crippen LogP contribution is 2.33. The van der Waals surface area contributed by atoms with Gasteiger partial charge in [-0.3, -0.25) is 15.1 Å². The van der Waals surface area contributed by atoms with Gasteiger partial charge in [-0.05, 0) is 31.2 Å². The number of aliphatic hydroxyl groups is 1. The van der Waals surface area contributed by atoms with Gasteiger partial charge >= 0.3 is 0 Å². The van der Waals surface area contributed by atoms with Crippen LogP contribution in [0.5, 0.6) is 0 Å². The maximum atomic E-state index is 14.3. The molecule has 0 aliphatic rings. The molecule has 0 aliphatic heterocycles. The number of aromatic nitrogens is 5. The molecule has 2 heterocycles. The molecule has 2 aromatic carbocycles. The van der Waals surface area contributed by atoms with E-state index in [4.69, 9.17) is 11.6 Å². The number of nitro groups is 1. The van der Waals surface area contributed by atoms with Crippen LogP contribution in [0, 0.1) is 15.9 Å². The van der Waals surface area contributed by atoms with Gasteiger partial charge < -0.3 is 5.11 Å². The van der Waals surface area contributed by atoms with Gasteiger partial charge in [0, 0.05) is 53.1 Å². The predicted octanol–water partition coefficient (Wildman–Crippen LogP) is 4.40. The fourth-order valence-electron chi connectivity index (χ4n) is 3.50. The van der Waals surface area contributed by atoms with E-state index in [2.05, 4.69) is 20.1 Å². The van der Waals surface area contributed by atoms with E-state index in [1.807, 2.05) is 6.92 Å². The van der Waals surface area contributed by atoms with Gasteiger partial charge in [0.1, 0.15) is 11.5 Å². The Morgan fingerprint density at radius 1 is 1.27 bits per heavy atom. The van der Waals surface area contributed by atoms with Gasteiger partial charge in [0.2, 0.25) is 5.82 Å². The quantitative estimate of drug-likeness (QED) is 0.315. The van der Waals surface area contributed by atoms with E-state index in [0.717, 1.165) is 0 Å². The van der Waals surface area contributed by atoms with E-state index in [9.17, 15) is 19.6 Å². The summed E-state index contributed by atoms with van der Waals surface area (Å²) in [5, 5.41) is 26.8. The molecule has 0 bridgehead atoms. The number of aryl methyl sites for hydroxylation is 1. The Bertz CT molecular complexity index is 1290. The van der Waals surface area contributed by atoms with Crippen LogP contribution in [0.15, 0.2) is 55.0 Å². The molecule has 0 aliphatic carbocycles. The van der Waals surface area contributed by atoms with E-state index < -0.39 is 16.8 Å². The van der Waals surface area contributed by atoms with Gasteiger partial charge in [-0.25, -0.2) is 19.0 Å². The van der Waals surface area contributed by atoms with Crippen LogP contribution in [-0.2, 0) is 13.0 Å². The zero-order valence-electron chi connectivity index (χ0n) is 17.4. The second-order valence-corrected chi connectivity index (χ2v) is 7.53. The number of hydrogen-bond acceptors (Lipinski definition) is 7. The normalized spacial score (nSPS) is 12.0. The standard InChI is InChI=1S/C22H18ClFN6O3/c1-2-29-22(27-21(28-29)17-12-25-8-9-26-17)13-6-7-18(30(32)33)14(10-13)11-19(31)20-15(23)4-3-5-16(20)24/h3-10,12,19,31H,2,11H2,1H3. The van der Waals surface area contributed by atoms with Gasteiger partial charge in [-0.15, -0.1) is 5.10 Å². The van der Waals surface area contributed by atoms with Crippen LogP contribution in [-0.4, -0.2) is 34.8 Å². The molecule has 0 radical (unpaired) electrons. The lowest BCUT2D eigenvalue weighted by Gasteiger charge is -2.14. The highest BCUT2D eigenvalue weighted by atomic mass is 35.5. The molecular formula is C22H18ClFN6O3. The first kappa shape index (κ1) is 22.4. The first-order chi connectivity index (χ1) is 15.9. The summed E-state index contributed by atoms with van der Waals surface area (Å²) in [5.74, 6) is 0.138. The Labute approximate surface area is 192 Å². The number of benzene rings is 2. The van der Waals surface area contributed by atoms with Crippen molar-refractivity contribution in [2.24, 2.45) is 0 Å². The van der Waals surface area contributed by atoms with Crippen molar-refractivity contribution in [3.63, 3.8) is 0 Å². The van der Waals surface area contributed by atoms with Crippen LogP contribution >= 0.6 is 11.6 Å². The van der Waals surface area contributed by atoms with Gasteiger partial charge in [-0.1, -0.05) is 17.7 Å². The zero-order chi connectivity index (χ0) is 23.5. The molecule has 4 aromatic rings. The summed E-state index contributed by atoms with van der Waals surface area (Å²) in [5.41, 5.74) is 0.920. The van der Waals surface area contributed by atoms with E-state index in [0.29, 0.717) is 29.5 Å². The lowest BCUT2D eigenvalue weighted by molar-refractivity contribution is -0.385. The molecule has 0 fully saturated rings. The molecule has 168 valence electrons. The number of aliphatic hydroxyl groups excluding tert-OH is 1. The van der Waals surface area contributed by atoms with Crippen molar-refractivity contribution in [2.45, 2.75) is 26.0 Å². The number of rotatable bonds is 7. The molecule has 1 N–H and O–H groups in total. The predicted molar refractivity (Wildman–Crippen MR) is 119 cm³/mol. The molecule has 1 unspecified atom stereocenters. The summed E-state index contributed by atoms with van der Waals surface area (Å²) in [4.78, 5) is 23.8. The third kappa shape index (κ3) is 4.57. The monoisotopic (exact) mass is 468 g/mol. The molecule has 2 aromatic heterocycles. The fourth-order valence-corrected chi connectivity index (χ4v) is 3.79. The molecule has 0 spiro atoms. The molecule has 1 atom stereocenters. The minimum atomic E-state index is -1.38. The summed E-state index contributed by atoms with van der Waals surface area (Å²) in [7, 11) is 0. The Morgan fingerprint density at radius 2 is 2.09 bits per heavy atom. The average Bonchev–Trinajstić information content (AvgIpc) is 3.24. The summed E-state index contributed by atoms with van der Waals surface area (Å²) in [6, 6.07) is 8.48. The van der Waals surface area contributed by atoms with Crippen molar-refractivity contribution in [3.8, 4) is 22.9 Å². The summed E-state index contributed by atoms with van der Waals surface area (Å²) >= 11 is 6.05. The van der Waals surface area contributed by atoms with Crippen LogP contribution in [0.1, 0.15) is 24.2 Å². The summed E-state index contributed by atoms with van der Waals surface area (Å²) < 4.78 is 15.9. The Morgan fingerprint density at radius 3 is 2.76 bits per heavy atom. The van der Waals surface area contributed by atoms with Crippen molar-refractivity contribution in [2.75, 3.05) is 0 Å². The SMILES string of the molecule is CCn1nc(-c2cnccn2)nc1-c1ccc([N+](=O)[O-])c(CC(O)c2c(F)cccc2Cl)c1. The van der Waals surface area contributed by atoms with E-state index in [1.165, 1.54) is 42.9 Å². The topological polar surface area (TPSA) is 120 Å². The fraction of sp³-hybridized carbons (Fsp3) is 0.182. The van der Waals surface area contributed by atoms with E-state index in [1.54, 1.807) is 16.8 Å². The lowest BCUT2D eigenvalue weighted by Crippen LogP contribution is -2.08. The van der Waals surface area contributed by atoms with Crippen molar-refractivity contribution in [1.29, 1.82) is 0 Å². The molecular weight excluding hydrogens is 451 g/mol. The van der Waals surface area contributed by atoms with Crippen molar-refractivity contribution in [3.05, 3.63) is 87.1 Å². The number of nitro benzene ring substituents is 1. The number of hydrogen-bond donors (Lipinski definition) is 1. The third-order valence-electron chi connectivity index (χ3n) is 5.04. The molecule has 11 heteroatoms. The maximum Gasteiger partial charge on any atom is 0.272 e. The van der Waals surface area contributed by atoms with Gasteiger partial charge in [-0.2, -0.15) is 0 Å². The molecule has 0 saturated carbocycles. The molecule has 0 saturated heterocycles. The third-order valence-corrected chi connectivity index (χ3v) is 5.37.